The third-order valence-electron chi connectivity index (χ3n) is 3.06. The van der Waals surface area contributed by atoms with Gasteiger partial charge >= 0.3 is 5.97 Å². The average Bonchev–Trinajstić information content (AvgIpc) is 2.87. The fourth-order valence-electron chi connectivity index (χ4n) is 1.98. The van der Waals surface area contributed by atoms with Crippen molar-refractivity contribution in [2.45, 2.75) is 13.0 Å². The molecule has 1 fully saturated rings. The van der Waals surface area contributed by atoms with Gasteiger partial charge in [-0.1, -0.05) is 0 Å². The largest absolute Gasteiger partial charge is 0.478 e. The van der Waals surface area contributed by atoms with Crippen molar-refractivity contribution in [1.29, 1.82) is 0 Å². The SMILES string of the molecule is CC1C(=O)NCCN1C(=O)c1sccc1C=CC(=O)O. The van der Waals surface area contributed by atoms with Crippen molar-refractivity contribution in [1.82, 2.24) is 10.2 Å². The molecule has 2 amide bonds. The molecule has 0 spiro atoms. The molecule has 0 saturated carbocycles. The lowest BCUT2D eigenvalue weighted by Gasteiger charge is -2.32. The summed E-state index contributed by atoms with van der Waals surface area (Å²) < 4.78 is 0. The van der Waals surface area contributed by atoms with Gasteiger partial charge in [0.05, 0.1) is 4.88 Å². The molecule has 0 aliphatic carbocycles. The molecule has 2 rings (SSSR count). The van der Waals surface area contributed by atoms with E-state index in [1.165, 1.54) is 22.3 Å². The Kier molecular flexibility index (Phi) is 4.19. The second-order valence-electron chi connectivity index (χ2n) is 4.34. The van der Waals surface area contributed by atoms with Gasteiger partial charge in [-0.05, 0) is 30.0 Å². The number of carboxylic acids is 1. The topological polar surface area (TPSA) is 86.7 Å². The molecule has 1 aromatic heterocycles. The van der Waals surface area contributed by atoms with E-state index < -0.39 is 12.0 Å². The summed E-state index contributed by atoms with van der Waals surface area (Å²) >= 11 is 1.24. The molecule has 1 aliphatic rings. The summed E-state index contributed by atoms with van der Waals surface area (Å²) in [6.45, 7) is 2.55. The maximum absolute atomic E-state index is 12.5. The van der Waals surface area contributed by atoms with Crippen LogP contribution in [0.4, 0.5) is 0 Å². The Hall–Kier alpha value is -2.15. The van der Waals surface area contributed by atoms with Crippen molar-refractivity contribution in [2.24, 2.45) is 0 Å². The first-order valence-corrected chi connectivity index (χ1v) is 6.96. The van der Waals surface area contributed by atoms with Crippen molar-refractivity contribution < 1.29 is 19.5 Å². The summed E-state index contributed by atoms with van der Waals surface area (Å²) in [4.78, 5) is 36.5. The molecule has 1 atom stereocenters. The Bertz CT molecular complexity index is 579. The minimum atomic E-state index is -1.07. The highest BCUT2D eigenvalue weighted by Gasteiger charge is 2.31. The molecule has 20 heavy (non-hydrogen) atoms. The quantitative estimate of drug-likeness (QED) is 0.808. The number of carbonyl (C=O) groups excluding carboxylic acids is 2. The molecule has 1 aliphatic heterocycles. The Morgan fingerprint density at radius 3 is 3.00 bits per heavy atom. The zero-order valence-electron chi connectivity index (χ0n) is 10.8. The van der Waals surface area contributed by atoms with Crippen LogP contribution >= 0.6 is 11.3 Å². The number of nitrogens with zero attached hydrogens (tertiary/aromatic N) is 1. The summed E-state index contributed by atoms with van der Waals surface area (Å²) in [6, 6.07) is 1.17. The first-order valence-electron chi connectivity index (χ1n) is 6.08. The van der Waals surface area contributed by atoms with E-state index in [0.717, 1.165) is 6.08 Å². The van der Waals surface area contributed by atoms with E-state index in [1.54, 1.807) is 18.4 Å². The highest BCUT2D eigenvalue weighted by atomic mass is 32.1. The van der Waals surface area contributed by atoms with Crippen LogP contribution < -0.4 is 5.32 Å². The van der Waals surface area contributed by atoms with E-state index in [4.69, 9.17) is 5.11 Å². The molecule has 2 N–H and O–H groups in total. The first-order chi connectivity index (χ1) is 9.50. The van der Waals surface area contributed by atoms with Crippen molar-refractivity contribution in [2.75, 3.05) is 13.1 Å². The number of aliphatic carboxylic acids is 1. The van der Waals surface area contributed by atoms with Crippen molar-refractivity contribution in [3.05, 3.63) is 28.0 Å². The number of carboxylic acid groups (broad SMARTS) is 1. The Balaban J connectivity index is 2.23. The van der Waals surface area contributed by atoms with Crippen LogP contribution in [0, 0.1) is 0 Å². The lowest BCUT2D eigenvalue weighted by atomic mass is 10.1. The van der Waals surface area contributed by atoms with E-state index in [9.17, 15) is 14.4 Å². The van der Waals surface area contributed by atoms with Gasteiger partial charge in [-0.2, -0.15) is 0 Å². The van der Waals surface area contributed by atoms with Crippen LogP contribution in [0.25, 0.3) is 6.08 Å². The summed E-state index contributed by atoms with van der Waals surface area (Å²) in [5.74, 6) is -1.49. The highest BCUT2D eigenvalue weighted by molar-refractivity contribution is 7.12. The zero-order valence-corrected chi connectivity index (χ0v) is 11.6. The predicted octanol–water partition coefficient (Wildman–Crippen LogP) is 0.806. The highest BCUT2D eigenvalue weighted by Crippen LogP contribution is 2.22. The zero-order chi connectivity index (χ0) is 14.7. The number of thiophene rings is 1. The Labute approximate surface area is 119 Å². The van der Waals surface area contributed by atoms with Crippen LogP contribution in [0.5, 0.6) is 0 Å². The number of rotatable bonds is 3. The van der Waals surface area contributed by atoms with Crippen molar-refractivity contribution in [3.8, 4) is 0 Å². The molecular formula is C13H14N2O4S. The van der Waals surface area contributed by atoms with Crippen LogP contribution in [0.2, 0.25) is 0 Å². The van der Waals surface area contributed by atoms with E-state index in [2.05, 4.69) is 5.32 Å². The van der Waals surface area contributed by atoms with Crippen LogP contribution in [0.1, 0.15) is 22.2 Å². The molecule has 2 heterocycles. The Morgan fingerprint density at radius 1 is 1.55 bits per heavy atom. The standard InChI is InChI=1S/C13H14N2O4S/c1-8-12(18)14-5-6-15(8)13(19)11-9(4-7-20-11)2-3-10(16)17/h2-4,7-8H,5-6H2,1H3,(H,14,18)(H,16,17). The monoisotopic (exact) mass is 294 g/mol. The lowest BCUT2D eigenvalue weighted by molar-refractivity contribution is -0.131. The van der Waals surface area contributed by atoms with Gasteiger partial charge in [0.25, 0.3) is 5.91 Å². The summed E-state index contributed by atoms with van der Waals surface area (Å²) in [5.41, 5.74) is 0.556. The second-order valence-corrected chi connectivity index (χ2v) is 5.26. The molecule has 1 unspecified atom stereocenters. The number of nitrogens with one attached hydrogen (secondary N) is 1. The van der Waals surface area contributed by atoms with Crippen molar-refractivity contribution in [3.63, 3.8) is 0 Å². The summed E-state index contributed by atoms with van der Waals surface area (Å²) in [7, 11) is 0. The third kappa shape index (κ3) is 2.88. The average molecular weight is 294 g/mol. The van der Waals surface area contributed by atoms with Gasteiger partial charge in [-0.3, -0.25) is 9.59 Å². The molecule has 1 aromatic rings. The van der Waals surface area contributed by atoms with Gasteiger partial charge < -0.3 is 15.3 Å². The van der Waals surface area contributed by atoms with Crippen LogP contribution in [0.15, 0.2) is 17.5 Å². The fourth-order valence-corrected chi connectivity index (χ4v) is 2.82. The predicted molar refractivity (Wildman–Crippen MR) is 74.5 cm³/mol. The number of hydrogen-bond acceptors (Lipinski definition) is 4. The maximum Gasteiger partial charge on any atom is 0.328 e. The fraction of sp³-hybridized carbons (Fsp3) is 0.308. The number of carbonyl (C=O) groups is 3. The molecule has 0 radical (unpaired) electrons. The summed E-state index contributed by atoms with van der Waals surface area (Å²) in [5, 5.41) is 13.1. The molecule has 6 nitrogen and oxygen atoms in total. The van der Waals surface area contributed by atoms with E-state index in [-0.39, 0.29) is 11.8 Å². The van der Waals surface area contributed by atoms with E-state index >= 15 is 0 Å². The normalized spacial score (nSPS) is 19.1. The molecule has 0 aromatic carbocycles. The minimum absolute atomic E-state index is 0.177. The molecular weight excluding hydrogens is 280 g/mol. The van der Waals surface area contributed by atoms with Gasteiger partial charge in [-0.15, -0.1) is 11.3 Å². The third-order valence-corrected chi connectivity index (χ3v) is 3.97. The van der Waals surface area contributed by atoms with Crippen LogP contribution in [-0.2, 0) is 9.59 Å². The first kappa shape index (κ1) is 14.3. The molecule has 0 bridgehead atoms. The van der Waals surface area contributed by atoms with Gasteiger partial charge in [0.15, 0.2) is 0 Å². The smallest absolute Gasteiger partial charge is 0.328 e. The molecule has 7 heteroatoms. The lowest BCUT2D eigenvalue weighted by Crippen LogP contribution is -2.55. The molecule has 106 valence electrons. The van der Waals surface area contributed by atoms with E-state index in [1.807, 2.05) is 0 Å². The van der Waals surface area contributed by atoms with Gasteiger partial charge in [0.2, 0.25) is 5.91 Å². The number of piperazine rings is 1. The van der Waals surface area contributed by atoms with Crippen LogP contribution in [-0.4, -0.2) is 46.9 Å². The van der Waals surface area contributed by atoms with Crippen LogP contribution in [0.3, 0.4) is 0 Å². The second kappa shape index (κ2) is 5.87. The number of hydrogen-bond donors (Lipinski definition) is 2. The number of amides is 2. The Morgan fingerprint density at radius 2 is 2.30 bits per heavy atom. The van der Waals surface area contributed by atoms with Gasteiger partial charge in [0, 0.05) is 19.2 Å². The van der Waals surface area contributed by atoms with Crippen molar-refractivity contribution >= 4 is 35.2 Å². The summed E-state index contributed by atoms with van der Waals surface area (Å²) in [6.07, 6.45) is 2.38. The molecule has 1 saturated heterocycles. The van der Waals surface area contributed by atoms with Gasteiger partial charge in [-0.25, -0.2) is 4.79 Å². The van der Waals surface area contributed by atoms with E-state index in [0.29, 0.717) is 23.5 Å². The minimum Gasteiger partial charge on any atom is -0.478 e. The maximum atomic E-state index is 12.5. The van der Waals surface area contributed by atoms with Gasteiger partial charge in [0.1, 0.15) is 6.04 Å².